The Bertz CT molecular complexity index is 773. The maximum absolute atomic E-state index is 5.79. The van der Waals surface area contributed by atoms with Gasteiger partial charge in [0, 0.05) is 22.1 Å². The van der Waals surface area contributed by atoms with Crippen molar-refractivity contribution in [1.29, 1.82) is 0 Å². The van der Waals surface area contributed by atoms with Crippen LogP contribution in [0.3, 0.4) is 0 Å². The van der Waals surface area contributed by atoms with Crippen LogP contribution in [0.5, 0.6) is 0 Å². The quantitative estimate of drug-likeness (QED) is 0.634. The van der Waals surface area contributed by atoms with E-state index in [0.29, 0.717) is 5.82 Å². The molecule has 4 N–H and O–H groups in total. The van der Waals surface area contributed by atoms with Gasteiger partial charge in [0.15, 0.2) is 5.82 Å². The lowest BCUT2D eigenvalue weighted by atomic mass is 9.96. The number of rotatable bonds is 1. The molecule has 0 saturated heterocycles. The summed E-state index contributed by atoms with van der Waals surface area (Å²) >= 11 is 0. The summed E-state index contributed by atoms with van der Waals surface area (Å²) in [4.78, 5) is 8.12. The standard InChI is InChI=1S/C15H19N5/c1-8-12(18-14(17-8)15(2,3)4)9-5-6-10-11(7-9)19-20-13(10)16/h5-7H,1-4H3,(H,17,18)(H3,16,19,20). The smallest absolute Gasteiger partial charge is 0.153 e. The van der Waals surface area contributed by atoms with E-state index < -0.39 is 0 Å². The molecule has 2 aromatic heterocycles. The molecule has 0 aliphatic heterocycles. The fourth-order valence-electron chi connectivity index (χ4n) is 2.28. The Morgan fingerprint density at radius 1 is 1.20 bits per heavy atom. The minimum atomic E-state index is 0.00548. The Kier molecular flexibility index (Phi) is 2.61. The summed E-state index contributed by atoms with van der Waals surface area (Å²) in [6.07, 6.45) is 0. The molecule has 104 valence electrons. The van der Waals surface area contributed by atoms with Gasteiger partial charge in [-0.1, -0.05) is 26.8 Å². The van der Waals surface area contributed by atoms with E-state index in [1.54, 1.807) is 0 Å². The fraction of sp³-hybridized carbons (Fsp3) is 0.333. The van der Waals surface area contributed by atoms with Gasteiger partial charge in [-0.25, -0.2) is 4.98 Å². The second-order valence-electron chi connectivity index (χ2n) is 6.18. The molecular formula is C15H19N5. The largest absolute Gasteiger partial charge is 0.382 e. The summed E-state index contributed by atoms with van der Waals surface area (Å²) in [7, 11) is 0. The zero-order chi connectivity index (χ0) is 14.5. The zero-order valence-corrected chi connectivity index (χ0v) is 12.2. The number of aromatic nitrogens is 4. The maximum atomic E-state index is 5.79. The number of benzene rings is 1. The summed E-state index contributed by atoms with van der Waals surface area (Å²) in [5, 5.41) is 7.91. The topological polar surface area (TPSA) is 83.4 Å². The Balaban J connectivity index is 2.13. The maximum Gasteiger partial charge on any atom is 0.153 e. The Morgan fingerprint density at radius 2 is 1.95 bits per heavy atom. The lowest BCUT2D eigenvalue weighted by Crippen LogP contribution is -2.13. The minimum Gasteiger partial charge on any atom is -0.382 e. The monoisotopic (exact) mass is 269 g/mol. The Labute approximate surface area is 117 Å². The zero-order valence-electron chi connectivity index (χ0n) is 12.2. The van der Waals surface area contributed by atoms with Gasteiger partial charge in [0.25, 0.3) is 0 Å². The van der Waals surface area contributed by atoms with Crippen LogP contribution in [0, 0.1) is 6.92 Å². The first-order valence-corrected chi connectivity index (χ1v) is 6.67. The lowest BCUT2D eigenvalue weighted by molar-refractivity contribution is 0.552. The molecule has 0 unspecified atom stereocenters. The molecule has 2 heterocycles. The second-order valence-corrected chi connectivity index (χ2v) is 6.18. The third-order valence-corrected chi connectivity index (χ3v) is 3.46. The van der Waals surface area contributed by atoms with E-state index in [9.17, 15) is 0 Å². The lowest BCUT2D eigenvalue weighted by Gasteiger charge is -2.13. The molecule has 3 rings (SSSR count). The summed E-state index contributed by atoms with van der Waals surface area (Å²) in [5.74, 6) is 1.52. The molecule has 0 aliphatic carbocycles. The number of fused-ring (bicyclic) bond motifs is 1. The minimum absolute atomic E-state index is 0.00548. The highest BCUT2D eigenvalue weighted by Crippen LogP contribution is 2.29. The number of nitrogens with zero attached hydrogens (tertiary/aromatic N) is 2. The van der Waals surface area contributed by atoms with Crippen LogP contribution in [0.1, 0.15) is 32.3 Å². The van der Waals surface area contributed by atoms with E-state index in [2.05, 4.69) is 36.0 Å². The molecule has 0 fully saturated rings. The van der Waals surface area contributed by atoms with E-state index in [-0.39, 0.29) is 5.41 Å². The summed E-state index contributed by atoms with van der Waals surface area (Å²) in [6, 6.07) is 6.05. The number of anilines is 1. The summed E-state index contributed by atoms with van der Waals surface area (Å²) in [6.45, 7) is 8.48. The van der Waals surface area contributed by atoms with Crippen molar-refractivity contribution in [2.45, 2.75) is 33.1 Å². The molecule has 0 radical (unpaired) electrons. The van der Waals surface area contributed by atoms with Crippen LogP contribution in [0.25, 0.3) is 22.2 Å². The van der Waals surface area contributed by atoms with Gasteiger partial charge in [0.1, 0.15) is 5.82 Å². The van der Waals surface area contributed by atoms with Crippen LogP contribution in [0.2, 0.25) is 0 Å². The van der Waals surface area contributed by atoms with E-state index in [1.165, 1.54) is 0 Å². The second kappa shape index (κ2) is 4.10. The summed E-state index contributed by atoms with van der Waals surface area (Å²) in [5.41, 5.74) is 9.84. The Hall–Kier alpha value is -2.30. The van der Waals surface area contributed by atoms with Crippen molar-refractivity contribution in [2.75, 3.05) is 5.73 Å². The van der Waals surface area contributed by atoms with Crippen molar-refractivity contribution in [3.05, 3.63) is 29.7 Å². The van der Waals surface area contributed by atoms with Gasteiger partial charge < -0.3 is 10.7 Å². The molecule has 0 saturated carbocycles. The predicted molar refractivity (Wildman–Crippen MR) is 81.5 cm³/mol. The number of nitrogens with two attached hydrogens (primary N) is 1. The van der Waals surface area contributed by atoms with Crippen LogP contribution in [0.4, 0.5) is 5.82 Å². The average Bonchev–Trinajstić information content (AvgIpc) is 2.93. The Morgan fingerprint density at radius 3 is 2.60 bits per heavy atom. The molecule has 3 aromatic rings. The number of hydrogen-bond donors (Lipinski definition) is 3. The van der Waals surface area contributed by atoms with Gasteiger partial charge >= 0.3 is 0 Å². The van der Waals surface area contributed by atoms with Gasteiger partial charge in [0.05, 0.1) is 11.2 Å². The molecule has 1 aromatic carbocycles. The van der Waals surface area contributed by atoms with Crippen LogP contribution in [0.15, 0.2) is 18.2 Å². The summed E-state index contributed by atoms with van der Waals surface area (Å²) < 4.78 is 0. The van der Waals surface area contributed by atoms with Crippen molar-refractivity contribution in [3.63, 3.8) is 0 Å². The van der Waals surface area contributed by atoms with Crippen molar-refractivity contribution >= 4 is 16.7 Å². The van der Waals surface area contributed by atoms with Gasteiger partial charge in [-0.3, -0.25) is 5.10 Å². The molecule has 5 heteroatoms. The first-order valence-electron chi connectivity index (χ1n) is 6.67. The predicted octanol–water partition coefficient (Wildman–Crippen LogP) is 3.14. The van der Waals surface area contributed by atoms with Crippen molar-refractivity contribution < 1.29 is 0 Å². The molecule has 0 amide bonds. The van der Waals surface area contributed by atoms with Gasteiger partial charge in [-0.15, -0.1) is 0 Å². The van der Waals surface area contributed by atoms with E-state index >= 15 is 0 Å². The number of nitrogens with one attached hydrogen (secondary N) is 2. The van der Waals surface area contributed by atoms with Crippen LogP contribution in [-0.4, -0.2) is 20.2 Å². The molecule has 5 nitrogen and oxygen atoms in total. The third-order valence-electron chi connectivity index (χ3n) is 3.46. The average molecular weight is 269 g/mol. The highest BCUT2D eigenvalue weighted by atomic mass is 15.1. The van der Waals surface area contributed by atoms with Crippen LogP contribution < -0.4 is 5.73 Å². The van der Waals surface area contributed by atoms with Gasteiger partial charge in [-0.05, 0) is 19.1 Å². The van der Waals surface area contributed by atoms with Gasteiger partial charge in [0.2, 0.25) is 0 Å². The third kappa shape index (κ3) is 1.95. The van der Waals surface area contributed by atoms with Gasteiger partial charge in [-0.2, -0.15) is 5.10 Å². The van der Waals surface area contributed by atoms with E-state index in [4.69, 9.17) is 10.7 Å². The molecule has 20 heavy (non-hydrogen) atoms. The number of imidazole rings is 1. The van der Waals surface area contributed by atoms with Crippen molar-refractivity contribution in [2.24, 2.45) is 0 Å². The number of aromatic amines is 2. The van der Waals surface area contributed by atoms with E-state index in [1.807, 2.05) is 25.1 Å². The van der Waals surface area contributed by atoms with Crippen molar-refractivity contribution in [3.8, 4) is 11.3 Å². The highest BCUT2D eigenvalue weighted by Gasteiger charge is 2.20. The molecule has 0 bridgehead atoms. The van der Waals surface area contributed by atoms with Crippen molar-refractivity contribution in [1.82, 2.24) is 20.2 Å². The number of H-pyrrole nitrogens is 2. The van der Waals surface area contributed by atoms with E-state index in [0.717, 1.165) is 33.7 Å². The molecule has 0 spiro atoms. The SMILES string of the molecule is Cc1[nH]c(C(C)(C)C)nc1-c1ccc2c(N)n[nH]c2c1. The fourth-order valence-corrected chi connectivity index (χ4v) is 2.28. The number of aryl methyl sites for hydroxylation is 1. The molecule has 0 aliphatic rings. The van der Waals surface area contributed by atoms with Crippen LogP contribution in [-0.2, 0) is 5.41 Å². The molecule has 0 atom stereocenters. The first kappa shape index (κ1) is 12.7. The normalized spacial score (nSPS) is 12.2. The molecular weight excluding hydrogens is 250 g/mol. The van der Waals surface area contributed by atoms with Crippen LogP contribution >= 0.6 is 0 Å². The number of hydrogen-bond acceptors (Lipinski definition) is 3. The first-order chi connectivity index (χ1) is 9.36. The highest BCUT2D eigenvalue weighted by molar-refractivity contribution is 5.91. The number of nitrogen functional groups attached to an aromatic ring is 1.